The average molecular weight is 375 g/mol. The van der Waals surface area contributed by atoms with Crippen molar-refractivity contribution in [3.63, 3.8) is 0 Å². The van der Waals surface area contributed by atoms with Crippen molar-refractivity contribution in [2.24, 2.45) is 5.73 Å². The second-order valence-electron chi connectivity index (χ2n) is 4.34. The van der Waals surface area contributed by atoms with Crippen LogP contribution in [0.1, 0.15) is 11.1 Å². The highest BCUT2D eigenvalue weighted by molar-refractivity contribution is 9.10. The van der Waals surface area contributed by atoms with Crippen molar-refractivity contribution < 1.29 is 13.9 Å². The van der Waals surface area contributed by atoms with E-state index in [1.807, 2.05) is 18.2 Å². The van der Waals surface area contributed by atoms with Gasteiger partial charge >= 0.3 is 0 Å². The Balaban J connectivity index is 2.21. The van der Waals surface area contributed by atoms with Crippen LogP contribution in [-0.2, 0) is 13.2 Å². The summed E-state index contributed by atoms with van der Waals surface area (Å²) in [4.78, 5) is 0. The summed E-state index contributed by atoms with van der Waals surface area (Å²) in [5.41, 5.74) is 7.43. The topological polar surface area (TPSA) is 44.5 Å². The Hall–Kier alpha value is -1.30. The van der Waals surface area contributed by atoms with E-state index in [2.05, 4.69) is 15.9 Å². The smallest absolute Gasteiger partial charge is 0.145 e. The van der Waals surface area contributed by atoms with Gasteiger partial charge in [0.2, 0.25) is 0 Å². The molecule has 0 saturated heterocycles. The molecule has 2 aromatic carbocycles. The molecule has 0 aromatic heterocycles. The Kier molecular flexibility index (Phi) is 5.45. The predicted molar refractivity (Wildman–Crippen MR) is 84.3 cm³/mol. The lowest BCUT2D eigenvalue weighted by molar-refractivity contribution is 0.293. The van der Waals surface area contributed by atoms with Crippen LogP contribution in [0.2, 0.25) is 5.02 Å². The van der Waals surface area contributed by atoms with Gasteiger partial charge in [0.05, 0.1) is 16.6 Å². The van der Waals surface area contributed by atoms with Gasteiger partial charge in [0.1, 0.15) is 23.9 Å². The van der Waals surface area contributed by atoms with Crippen LogP contribution < -0.4 is 15.2 Å². The fourth-order valence-electron chi connectivity index (χ4n) is 1.84. The standard InChI is InChI=1S/C15H14BrClFNO2/c1-20-14-3-2-9(7-19)4-10(14)8-21-15-6-13(18)12(17)5-11(15)16/h2-6H,7-8,19H2,1H3. The molecule has 0 radical (unpaired) electrons. The van der Waals surface area contributed by atoms with Crippen LogP contribution in [0.5, 0.6) is 11.5 Å². The first-order valence-corrected chi connectivity index (χ1v) is 7.35. The van der Waals surface area contributed by atoms with Gasteiger partial charge < -0.3 is 15.2 Å². The summed E-state index contributed by atoms with van der Waals surface area (Å²) in [6.45, 7) is 0.660. The van der Waals surface area contributed by atoms with E-state index in [0.717, 1.165) is 11.1 Å². The lowest BCUT2D eigenvalue weighted by Gasteiger charge is -2.13. The molecule has 2 N–H and O–H groups in total. The van der Waals surface area contributed by atoms with Gasteiger partial charge in [-0.1, -0.05) is 17.7 Å². The molecule has 2 rings (SSSR count). The van der Waals surface area contributed by atoms with E-state index < -0.39 is 5.82 Å². The van der Waals surface area contributed by atoms with Crippen molar-refractivity contribution in [3.8, 4) is 11.5 Å². The SMILES string of the molecule is COc1ccc(CN)cc1COc1cc(F)c(Cl)cc1Br. The van der Waals surface area contributed by atoms with Gasteiger partial charge in [-0.25, -0.2) is 4.39 Å². The maximum atomic E-state index is 13.5. The number of rotatable bonds is 5. The second-order valence-corrected chi connectivity index (χ2v) is 5.60. The molecule has 0 aliphatic heterocycles. The van der Waals surface area contributed by atoms with Gasteiger partial charge in [-0.05, 0) is 39.7 Å². The molecule has 0 aliphatic carbocycles. The summed E-state index contributed by atoms with van der Waals surface area (Å²) in [6, 6.07) is 8.32. The van der Waals surface area contributed by atoms with Gasteiger partial charge in [-0.2, -0.15) is 0 Å². The third-order valence-electron chi connectivity index (χ3n) is 2.94. The van der Waals surface area contributed by atoms with Crippen LogP contribution in [-0.4, -0.2) is 7.11 Å². The van der Waals surface area contributed by atoms with E-state index in [4.69, 9.17) is 26.8 Å². The van der Waals surface area contributed by atoms with E-state index >= 15 is 0 Å². The summed E-state index contributed by atoms with van der Waals surface area (Å²) >= 11 is 8.99. The van der Waals surface area contributed by atoms with E-state index in [0.29, 0.717) is 22.5 Å². The monoisotopic (exact) mass is 373 g/mol. The molecule has 0 aliphatic rings. The zero-order chi connectivity index (χ0) is 15.4. The number of hydrogen-bond donors (Lipinski definition) is 1. The van der Waals surface area contributed by atoms with Crippen LogP contribution >= 0.6 is 27.5 Å². The van der Waals surface area contributed by atoms with Crippen LogP contribution in [0, 0.1) is 5.82 Å². The summed E-state index contributed by atoms with van der Waals surface area (Å²) in [5, 5.41) is 0.0388. The molecule has 21 heavy (non-hydrogen) atoms. The average Bonchev–Trinajstić information content (AvgIpc) is 2.49. The molecule has 3 nitrogen and oxygen atoms in total. The Bertz CT molecular complexity index is 652. The number of nitrogens with two attached hydrogens (primary N) is 1. The Labute approximate surface area is 135 Å². The third-order valence-corrected chi connectivity index (χ3v) is 3.85. The molecule has 0 atom stereocenters. The molecule has 0 bridgehead atoms. The van der Waals surface area contributed by atoms with E-state index in [1.165, 1.54) is 12.1 Å². The summed E-state index contributed by atoms with van der Waals surface area (Å²) in [5.74, 6) is 0.535. The first kappa shape index (κ1) is 16.1. The second kappa shape index (κ2) is 7.11. The zero-order valence-corrected chi connectivity index (χ0v) is 13.7. The van der Waals surface area contributed by atoms with Gasteiger partial charge in [-0.15, -0.1) is 0 Å². The Morgan fingerprint density at radius 2 is 2.00 bits per heavy atom. The molecule has 6 heteroatoms. The molecule has 0 fully saturated rings. The van der Waals surface area contributed by atoms with E-state index in [1.54, 1.807) is 7.11 Å². The fourth-order valence-corrected chi connectivity index (χ4v) is 2.60. The van der Waals surface area contributed by atoms with Gasteiger partial charge in [0.15, 0.2) is 0 Å². The van der Waals surface area contributed by atoms with Gasteiger partial charge in [0.25, 0.3) is 0 Å². The minimum absolute atomic E-state index is 0.0388. The Morgan fingerprint density at radius 1 is 1.24 bits per heavy atom. The lowest BCUT2D eigenvalue weighted by atomic mass is 10.1. The molecule has 2 aromatic rings. The molecule has 0 unspecified atom stereocenters. The summed E-state index contributed by atoms with van der Waals surface area (Å²) in [7, 11) is 1.58. The molecular formula is C15H14BrClFNO2. The van der Waals surface area contributed by atoms with Crippen molar-refractivity contribution in [1.82, 2.24) is 0 Å². The highest BCUT2D eigenvalue weighted by Gasteiger charge is 2.10. The highest BCUT2D eigenvalue weighted by Crippen LogP contribution is 2.32. The first-order chi connectivity index (χ1) is 10.0. The predicted octanol–water partition coefficient (Wildman–Crippen LogP) is 4.29. The van der Waals surface area contributed by atoms with Crippen LogP contribution in [0.3, 0.4) is 0 Å². The largest absolute Gasteiger partial charge is 0.496 e. The summed E-state index contributed by atoms with van der Waals surface area (Å²) < 4.78 is 25.0. The van der Waals surface area contributed by atoms with Crippen molar-refractivity contribution >= 4 is 27.5 Å². The van der Waals surface area contributed by atoms with Crippen molar-refractivity contribution in [3.05, 3.63) is 56.8 Å². The number of halogens is 3. The normalized spacial score (nSPS) is 10.5. The quantitative estimate of drug-likeness (QED) is 0.794. The lowest BCUT2D eigenvalue weighted by Crippen LogP contribution is -2.03. The van der Waals surface area contributed by atoms with Crippen LogP contribution in [0.4, 0.5) is 4.39 Å². The third kappa shape index (κ3) is 3.87. The van der Waals surface area contributed by atoms with Gasteiger partial charge in [-0.3, -0.25) is 0 Å². The molecular weight excluding hydrogens is 361 g/mol. The molecule has 0 spiro atoms. The highest BCUT2D eigenvalue weighted by atomic mass is 79.9. The molecule has 112 valence electrons. The Morgan fingerprint density at radius 3 is 2.67 bits per heavy atom. The molecule has 0 saturated carbocycles. The number of hydrogen-bond acceptors (Lipinski definition) is 3. The number of ether oxygens (including phenoxy) is 2. The fraction of sp³-hybridized carbons (Fsp3) is 0.200. The minimum Gasteiger partial charge on any atom is -0.496 e. The van der Waals surface area contributed by atoms with Crippen LogP contribution in [0.15, 0.2) is 34.8 Å². The molecule has 0 amide bonds. The summed E-state index contributed by atoms with van der Waals surface area (Å²) in [6.07, 6.45) is 0. The van der Waals surface area contributed by atoms with Crippen molar-refractivity contribution in [2.75, 3.05) is 7.11 Å². The minimum atomic E-state index is -0.530. The van der Waals surface area contributed by atoms with Crippen molar-refractivity contribution in [2.45, 2.75) is 13.2 Å². The maximum Gasteiger partial charge on any atom is 0.145 e. The van der Waals surface area contributed by atoms with Crippen molar-refractivity contribution in [1.29, 1.82) is 0 Å². The van der Waals surface area contributed by atoms with Crippen LogP contribution in [0.25, 0.3) is 0 Å². The number of benzene rings is 2. The van der Waals surface area contributed by atoms with E-state index in [-0.39, 0.29) is 11.6 Å². The number of methoxy groups -OCH3 is 1. The maximum absolute atomic E-state index is 13.5. The van der Waals surface area contributed by atoms with E-state index in [9.17, 15) is 4.39 Å². The molecule has 0 heterocycles. The van der Waals surface area contributed by atoms with Gasteiger partial charge in [0, 0.05) is 18.2 Å². The zero-order valence-electron chi connectivity index (χ0n) is 11.3. The first-order valence-electron chi connectivity index (χ1n) is 6.18.